The molecule has 4 heterocycles. The van der Waals surface area contributed by atoms with E-state index in [1.807, 2.05) is 0 Å². The monoisotopic (exact) mass is 305 g/mol. The molecule has 3 fully saturated rings. The van der Waals surface area contributed by atoms with Gasteiger partial charge in [0.15, 0.2) is 5.69 Å². The van der Waals surface area contributed by atoms with E-state index in [1.54, 1.807) is 0 Å². The first-order valence-electron chi connectivity index (χ1n) is 6.86. The van der Waals surface area contributed by atoms with Crippen molar-refractivity contribution in [2.75, 3.05) is 13.1 Å². The molecule has 2 bridgehead atoms. The van der Waals surface area contributed by atoms with Crippen molar-refractivity contribution < 1.29 is 13.2 Å². The molecule has 1 aromatic heterocycles. The number of alkyl halides is 3. The molecule has 2 atom stereocenters. The fourth-order valence-corrected chi connectivity index (χ4v) is 3.88. The minimum atomic E-state index is -4.33. The third-order valence-corrected chi connectivity index (χ3v) is 5.10. The van der Waals surface area contributed by atoms with Crippen LogP contribution in [0, 0.1) is 0 Å². The largest absolute Gasteiger partial charge is 0.434 e. The van der Waals surface area contributed by atoms with Crippen LogP contribution in [0.15, 0.2) is 5.38 Å². The van der Waals surface area contributed by atoms with Crippen LogP contribution in [0.2, 0.25) is 0 Å². The number of aromatic nitrogens is 1. The Morgan fingerprint density at radius 2 is 2.00 bits per heavy atom. The van der Waals surface area contributed by atoms with Gasteiger partial charge >= 0.3 is 6.18 Å². The summed E-state index contributed by atoms with van der Waals surface area (Å²) in [4.78, 5) is 8.47. The lowest BCUT2D eigenvalue weighted by Crippen LogP contribution is -2.68. The van der Waals surface area contributed by atoms with Crippen LogP contribution in [0.3, 0.4) is 0 Å². The van der Waals surface area contributed by atoms with Crippen LogP contribution in [-0.2, 0) is 12.7 Å². The Bertz CT molecular complexity index is 473. The van der Waals surface area contributed by atoms with Crippen molar-refractivity contribution >= 4 is 11.3 Å². The van der Waals surface area contributed by atoms with Crippen LogP contribution >= 0.6 is 11.3 Å². The Hall–Kier alpha value is -0.660. The molecule has 0 saturated carbocycles. The summed E-state index contributed by atoms with van der Waals surface area (Å²) in [6.07, 6.45) is -3.16. The van der Waals surface area contributed by atoms with Gasteiger partial charge in [0.2, 0.25) is 0 Å². The zero-order valence-corrected chi connectivity index (χ0v) is 12.3. The SMILES string of the molecule is CC(C)N1CC2CC(C1)N2Cc1nc(C(F)(F)F)cs1. The summed E-state index contributed by atoms with van der Waals surface area (Å²) in [7, 11) is 0. The van der Waals surface area contributed by atoms with Gasteiger partial charge < -0.3 is 0 Å². The molecule has 3 nitrogen and oxygen atoms in total. The molecule has 3 aliphatic rings. The molecule has 3 saturated heterocycles. The second-order valence-corrected chi connectivity index (χ2v) is 6.83. The Balaban J connectivity index is 1.62. The molecular formula is C13H18F3N3S. The van der Waals surface area contributed by atoms with Crippen molar-refractivity contribution in [3.63, 3.8) is 0 Å². The van der Waals surface area contributed by atoms with Crippen molar-refractivity contribution in [2.45, 2.75) is 51.1 Å². The van der Waals surface area contributed by atoms with E-state index in [9.17, 15) is 13.2 Å². The van der Waals surface area contributed by atoms with E-state index in [0.717, 1.165) is 29.8 Å². The van der Waals surface area contributed by atoms with Gasteiger partial charge in [0.05, 0.1) is 6.54 Å². The highest BCUT2D eigenvalue weighted by Gasteiger charge is 2.45. The Morgan fingerprint density at radius 1 is 1.35 bits per heavy atom. The number of halogens is 3. The molecular weight excluding hydrogens is 287 g/mol. The first-order chi connectivity index (χ1) is 9.34. The van der Waals surface area contributed by atoms with Gasteiger partial charge in [0, 0.05) is 36.6 Å². The number of rotatable bonds is 3. The van der Waals surface area contributed by atoms with Gasteiger partial charge in [-0.3, -0.25) is 9.80 Å². The lowest BCUT2D eigenvalue weighted by Gasteiger charge is -2.57. The summed E-state index contributed by atoms with van der Waals surface area (Å²) in [5, 5.41) is 1.69. The number of piperidine rings is 1. The van der Waals surface area contributed by atoms with E-state index in [-0.39, 0.29) is 0 Å². The van der Waals surface area contributed by atoms with E-state index in [2.05, 4.69) is 28.6 Å². The van der Waals surface area contributed by atoms with Gasteiger partial charge in [-0.05, 0) is 20.3 Å². The van der Waals surface area contributed by atoms with Crippen LogP contribution in [0.5, 0.6) is 0 Å². The van der Waals surface area contributed by atoms with Gasteiger partial charge in [-0.15, -0.1) is 11.3 Å². The van der Waals surface area contributed by atoms with Crippen LogP contribution in [0.1, 0.15) is 31.0 Å². The van der Waals surface area contributed by atoms with E-state index < -0.39 is 11.9 Å². The van der Waals surface area contributed by atoms with E-state index >= 15 is 0 Å². The second kappa shape index (κ2) is 4.96. The minimum Gasteiger partial charge on any atom is -0.298 e. The predicted octanol–water partition coefficient (Wildman–Crippen LogP) is 2.83. The molecule has 0 amide bonds. The lowest BCUT2D eigenvalue weighted by atomic mass is 9.87. The fraction of sp³-hybridized carbons (Fsp3) is 0.769. The number of hydrogen-bond acceptors (Lipinski definition) is 4. The van der Waals surface area contributed by atoms with Crippen molar-refractivity contribution in [1.82, 2.24) is 14.8 Å². The molecule has 0 aliphatic carbocycles. The molecule has 3 aliphatic heterocycles. The molecule has 112 valence electrons. The Kier molecular flexibility index (Phi) is 3.54. The summed E-state index contributed by atoms with van der Waals surface area (Å²) >= 11 is 1.11. The summed E-state index contributed by atoms with van der Waals surface area (Å²) < 4.78 is 37.6. The highest BCUT2D eigenvalue weighted by atomic mass is 32.1. The van der Waals surface area contributed by atoms with Gasteiger partial charge in [0.25, 0.3) is 0 Å². The highest BCUT2D eigenvalue weighted by Crippen LogP contribution is 2.36. The average Bonchev–Trinajstić information content (AvgIpc) is 2.84. The Morgan fingerprint density at radius 3 is 2.50 bits per heavy atom. The summed E-state index contributed by atoms with van der Waals surface area (Å²) in [6, 6.07) is 1.50. The minimum absolute atomic E-state index is 0.481. The van der Waals surface area contributed by atoms with Crippen molar-refractivity contribution in [3.8, 4) is 0 Å². The first-order valence-corrected chi connectivity index (χ1v) is 7.74. The number of thiazole rings is 1. The van der Waals surface area contributed by atoms with Crippen LogP contribution in [0.25, 0.3) is 0 Å². The predicted molar refractivity (Wildman–Crippen MR) is 71.6 cm³/mol. The first kappa shape index (κ1) is 14.3. The lowest BCUT2D eigenvalue weighted by molar-refractivity contribution is -0.141. The third kappa shape index (κ3) is 2.58. The zero-order chi connectivity index (χ0) is 14.5. The molecule has 1 aromatic rings. The third-order valence-electron chi connectivity index (χ3n) is 4.26. The van der Waals surface area contributed by atoms with Crippen molar-refractivity contribution in [2.24, 2.45) is 0 Å². The smallest absolute Gasteiger partial charge is 0.298 e. The fourth-order valence-electron chi connectivity index (χ4n) is 3.07. The van der Waals surface area contributed by atoms with E-state index in [0.29, 0.717) is 29.7 Å². The molecule has 0 N–H and O–H groups in total. The maximum Gasteiger partial charge on any atom is 0.434 e. The molecule has 4 rings (SSSR count). The standard InChI is InChI=1S/C13H18F3N3S/c1-8(2)18-4-9-3-10(5-18)19(9)6-12-17-11(7-20-12)13(14,15)16/h7-10H,3-6H2,1-2H3. The van der Waals surface area contributed by atoms with Crippen LogP contribution in [0.4, 0.5) is 13.2 Å². The molecule has 0 spiro atoms. The number of piperazine rings is 1. The van der Waals surface area contributed by atoms with E-state index in [1.165, 1.54) is 6.42 Å². The highest BCUT2D eigenvalue weighted by molar-refractivity contribution is 7.09. The Labute approximate surface area is 120 Å². The maximum atomic E-state index is 12.5. The molecule has 0 radical (unpaired) electrons. The second-order valence-electron chi connectivity index (χ2n) is 5.89. The number of nitrogens with zero attached hydrogens (tertiary/aromatic N) is 3. The van der Waals surface area contributed by atoms with Gasteiger partial charge in [-0.1, -0.05) is 0 Å². The molecule has 7 heteroatoms. The normalized spacial score (nSPS) is 27.9. The van der Waals surface area contributed by atoms with Gasteiger partial charge in [-0.2, -0.15) is 13.2 Å². The maximum absolute atomic E-state index is 12.5. The average molecular weight is 305 g/mol. The van der Waals surface area contributed by atoms with Gasteiger partial charge in [-0.25, -0.2) is 4.98 Å². The van der Waals surface area contributed by atoms with Crippen molar-refractivity contribution in [3.05, 3.63) is 16.1 Å². The molecule has 2 unspecified atom stereocenters. The summed E-state index contributed by atoms with van der Waals surface area (Å²) in [5.74, 6) is 0. The molecule has 20 heavy (non-hydrogen) atoms. The van der Waals surface area contributed by atoms with E-state index in [4.69, 9.17) is 0 Å². The number of fused-ring (bicyclic) bond motifs is 2. The summed E-state index contributed by atoms with van der Waals surface area (Å²) in [5.41, 5.74) is -0.757. The van der Waals surface area contributed by atoms with Crippen LogP contribution in [-0.4, -0.2) is 46.0 Å². The summed E-state index contributed by atoms with van der Waals surface area (Å²) in [6.45, 7) is 6.97. The topological polar surface area (TPSA) is 19.4 Å². The zero-order valence-electron chi connectivity index (χ0n) is 11.5. The van der Waals surface area contributed by atoms with Crippen LogP contribution < -0.4 is 0 Å². The number of hydrogen-bond donors (Lipinski definition) is 0. The van der Waals surface area contributed by atoms with Gasteiger partial charge in [0.1, 0.15) is 5.01 Å². The molecule has 0 aromatic carbocycles. The quantitative estimate of drug-likeness (QED) is 0.856. The van der Waals surface area contributed by atoms with Crippen molar-refractivity contribution in [1.29, 1.82) is 0 Å².